The van der Waals surface area contributed by atoms with E-state index in [4.69, 9.17) is 10.2 Å². The van der Waals surface area contributed by atoms with E-state index in [-0.39, 0.29) is 11.0 Å². The zero-order valence-corrected chi connectivity index (χ0v) is 11.4. The molecule has 2 heterocycles. The number of nitrogens with zero attached hydrogens (tertiary/aromatic N) is 1. The summed E-state index contributed by atoms with van der Waals surface area (Å²) in [7, 11) is -3.57. The molecule has 0 aliphatic heterocycles. The first-order valence-electron chi connectivity index (χ1n) is 5.44. The number of nitrogen functional groups attached to an aromatic ring is 1. The van der Waals surface area contributed by atoms with E-state index >= 15 is 0 Å². The van der Waals surface area contributed by atoms with Crippen LogP contribution in [0, 0.1) is 0 Å². The molecule has 2 aromatic heterocycles. The molecule has 7 heteroatoms. The molecule has 0 aliphatic carbocycles. The van der Waals surface area contributed by atoms with Crippen molar-refractivity contribution in [3.05, 3.63) is 40.6 Å². The van der Waals surface area contributed by atoms with Crippen molar-refractivity contribution in [2.24, 2.45) is 0 Å². The van der Waals surface area contributed by atoms with Gasteiger partial charge in [-0.1, -0.05) is 0 Å². The molecule has 2 N–H and O–H groups in total. The lowest BCUT2D eigenvalue weighted by atomic mass is 10.3. The van der Waals surface area contributed by atoms with Crippen LogP contribution in [0.5, 0.6) is 0 Å². The molecule has 0 unspecified atom stereocenters. The number of sulfone groups is 1. The molecule has 19 heavy (non-hydrogen) atoms. The molecule has 98 valence electrons. The van der Waals surface area contributed by atoms with Crippen LogP contribution in [0.2, 0.25) is 0 Å². The Bertz CT molecular complexity index is 820. The molecule has 0 radical (unpaired) electrons. The smallest absolute Gasteiger partial charge is 0.316 e. The second kappa shape index (κ2) is 4.36. The third-order valence-electron chi connectivity index (χ3n) is 2.60. The van der Waals surface area contributed by atoms with Gasteiger partial charge in [0.15, 0.2) is 5.58 Å². The van der Waals surface area contributed by atoms with Gasteiger partial charge in [0, 0.05) is 11.8 Å². The maximum Gasteiger partial charge on any atom is 0.316 e. The quantitative estimate of drug-likeness (QED) is 0.750. The highest BCUT2D eigenvalue weighted by molar-refractivity contribution is 7.90. The van der Waals surface area contributed by atoms with Gasteiger partial charge < -0.3 is 10.2 Å². The van der Waals surface area contributed by atoms with Crippen molar-refractivity contribution >= 4 is 38.0 Å². The maximum atomic E-state index is 12.2. The second-order valence-corrected chi connectivity index (χ2v) is 6.75. The van der Waals surface area contributed by atoms with E-state index < -0.39 is 9.84 Å². The average Bonchev–Trinajstić information content (AvgIpc) is 2.96. The molecule has 0 fully saturated rings. The van der Waals surface area contributed by atoms with E-state index in [1.807, 2.05) is 5.38 Å². The fraction of sp³-hybridized carbons (Fsp3) is 0.0833. The van der Waals surface area contributed by atoms with E-state index in [9.17, 15) is 8.42 Å². The Hall–Kier alpha value is -1.86. The van der Waals surface area contributed by atoms with Crippen LogP contribution in [-0.2, 0) is 15.6 Å². The minimum atomic E-state index is -3.57. The number of fused-ring (bicyclic) bond motifs is 1. The summed E-state index contributed by atoms with van der Waals surface area (Å²) < 4.78 is 29.6. The lowest BCUT2D eigenvalue weighted by Crippen LogP contribution is -2.04. The molecular formula is C12H10N2O3S2. The van der Waals surface area contributed by atoms with Gasteiger partial charge in [0.05, 0.1) is 5.75 Å². The number of benzene rings is 1. The van der Waals surface area contributed by atoms with Crippen LogP contribution < -0.4 is 5.73 Å². The number of oxazole rings is 1. The molecular weight excluding hydrogens is 284 g/mol. The zero-order chi connectivity index (χ0) is 13.5. The van der Waals surface area contributed by atoms with Gasteiger partial charge in [-0.15, -0.1) is 0 Å². The predicted octanol–water partition coefficient (Wildman–Crippen LogP) is 2.45. The summed E-state index contributed by atoms with van der Waals surface area (Å²) in [6.45, 7) is 0. The van der Waals surface area contributed by atoms with E-state index in [1.54, 1.807) is 29.6 Å². The van der Waals surface area contributed by atoms with Crippen molar-refractivity contribution in [3.8, 4) is 0 Å². The fourth-order valence-electron chi connectivity index (χ4n) is 1.71. The van der Waals surface area contributed by atoms with Crippen molar-refractivity contribution in [3.63, 3.8) is 0 Å². The minimum Gasteiger partial charge on any atom is -0.428 e. The van der Waals surface area contributed by atoms with Gasteiger partial charge in [-0.05, 0) is 34.5 Å². The van der Waals surface area contributed by atoms with E-state index in [0.29, 0.717) is 16.8 Å². The number of rotatable bonds is 3. The van der Waals surface area contributed by atoms with Crippen molar-refractivity contribution in [1.82, 2.24) is 4.98 Å². The SMILES string of the molecule is Nc1ccc2nc(S(=O)(=O)Cc3ccsc3)oc2c1. The van der Waals surface area contributed by atoms with Gasteiger partial charge in [-0.25, -0.2) is 8.42 Å². The highest BCUT2D eigenvalue weighted by atomic mass is 32.2. The lowest BCUT2D eigenvalue weighted by molar-refractivity contribution is 0.458. The highest BCUT2D eigenvalue weighted by Crippen LogP contribution is 2.23. The summed E-state index contributed by atoms with van der Waals surface area (Å²) in [4.78, 5) is 4.00. The Morgan fingerprint density at radius 1 is 1.32 bits per heavy atom. The molecule has 0 atom stereocenters. The normalized spacial score (nSPS) is 12.0. The van der Waals surface area contributed by atoms with Crippen LogP contribution >= 0.6 is 11.3 Å². The standard InChI is InChI=1S/C12H10N2O3S2/c13-9-1-2-10-11(5-9)17-12(14-10)19(15,16)7-8-3-4-18-6-8/h1-6H,7,13H2. The Labute approximate surface area is 113 Å². The van der Waals surface area contributed by atoms with Crippen molar-refractivity contribution in [1.29, 1.82) is 0 Å². The first kappa shape index (κ1) is 12.2. The van der Waals surface area contributed by atoms with E-state index in [1.165, 1.54) is 11.3 Å². The van der Waals surface area contributed by atoms with Gasteiger partial charge in [0.25, 0.3) is 0 Å². The maximum absolute atomic E-state index is 12.2. The van der Waals surface area contributed by atoms with Crippen LogP contribution in [0.4, 0.5) is 5.69 Å². The molecule has 5 nitrogen and oxygen atoms in total. The summed E-state index contributed by atoms with van der Waals surface area (Å²) in [5.41, 5.74) is 7.71. The predicted molar refractivity (Wildman–Crippen MR) is 73.6 cm³/mol. The largest absolute Gasteiger partial charge is 0.428 e. The first-order valence-corrected chi connectivity index (χ1v) is 8.04. The van der Waals surface area contributed by atoms with Crippen LogP contribution in [0.15, 0.2) is 44.7 Å². The number of hydrogen-bond donors (Lipinski definition) is 1. The lowest BCUT2D eigenvalue weighted by Gasteiger charge is -1.96. The monoisotopic (exact) mass is 294 g/mol. The summed E-state index contributed by atoms with van der Waals surface area (Å²) in [6.07, 6.45) is 0. The molecule has 0 aliphatic rings. The molecule has 3 aromatic rings. The van der Waals surface area contributed by atoms with Crippen LogP contribution in [0.1, 0.15) is 5.56 Å². The van der Waals surface area contributed by atoms with Gasteiger partial charge >= 0.3 is 5.22 Å². The molecule has 0 saturated heterocycles. The molecule has 1 aromatic carbocycles. The zero-order valence-electron chi connectivity index (χ0n) is 9.74. The van der Waals surface area contributed by atoms with Gasteiger partial charge in [0.1, 0.15) is 5.52 Å². The summed E-state index contributed by atoms with van der Waals surface area (Å²) in [6, 6.07) is 6.62. The molecule has 0 saturated carbocycles. The third kappa shape index (κ3) is 2.34. The van der Waals surface area contributed by atoms with Crippen molar-refractivity contribution < 1.29 is 12.8 Å². The number of anilines is 1. The Morgan fingerprint density at radius 3 is 2.89 bits per heavy atom. The number of nitrogens with two attached hydrogens (primary N) is 1. The Morgan fingerprint density at radius 2 is 2.16 bits per heavy atom. The second-order valence-electron chi connectivity index (χ2n) is 4.10. The van der Waals surface area contributed by atoms with Crippen LogP contribution in [0.25, 0.3) is 11.1 Å². The fourth-order valence-corrected chi connectivity index (χ4v) is 3.68. The number of aromatic nitrogens is 1. The molecule has 0 bridgehead atoms. The summed E-state index contributed by atoms with van der Waals surface area (Å²) in [5.74, 6) is -0.112. The first-order chi connectivity index (χ1) is 9.04. The summed E-state index contributed by atoms with van der Waals surface area (Å²) in [5, 5.41) is 3.36. The van der Waals surface area contributed by atoms with Crippen LogP contribution in [0.3, 0.4) is 0 Å². The third-order valence-corrected chi connectivity index (χ3v) is 4.75. The average molecular weight is 294 g/mol. The van der Waals surface area contributed by atoms with Crippen molar-refractivity contribution in [2.75, 3.05) is 5.73 Å². The Balaban J connectivity index is 2.03. The molecule has 0 spiro atoms. The van der Waals surface area contributed by atoms with E-state index in [2.05, 4.69) is 4.98 Å². The van der Waals surface area contributed by atoms with Gasteiger partial charge in [-0.2, -0.15) is 16.3 Å². The van der Waals surface area contributed by atoms with Crippen molar-refractivity contribution in [2.45, 2.75) is 11.0 Å². The molecule has 0 amide bonds. The number of hydrogen-bond acceptors (Lipinski definition) is 6. The van der Waals surface area contributed by atoms with Crippen LogP contribution in [-0.4, -0.2) is 13.4 Å². The summed E-state index contributed by atoms with van der Waals surface area (Å²) >= 11 is 1.45. The minimum absolute atomic E-state index is 0.112. The Kier molecular flexibility index (Phi) is 2.79. The number of thiophene rings is 1. The van der Waals surface area contributed by atoms with Gasteiger partial charge in [-0.3, -0.25) is 0 Å². The highest BCUT2D eigenvalue weighted by Gasteiger charge is 2.22. The topological polar surface area (TPSA) is 86.2 Å². The van der Waals surface area contributed by atoms with E-state index in [0.717, 1.165) is 5.56 Å². The van der Waals surface area contributed by atoms with Gasteiger partial charge in [0.2, 0.25) is 9.84 Å². The molecule has 3 rings (SSSR count).